The fraction of sp³-hybridized carbons (Fsp3) is 0.393. The quantitative estimate of drug-likeness (QED) is 0.285. The number of hydrogen-bond donors (Lipinski definition) is 1. The van der Waals surface area contributed by atoms with E-state index in [9.17, 15) is 0 Å². The molecule has 0 saturated heterocycles. The van der Waals surface area contributed by atoms with Gasteiger partial charge in [0, 0.05) is 0 Å². The summed E-state index contributed by atoms with van der Waals surface area (Å²) in [4.78, 5) is 0. The number of anilines is 1. The van der Waals surface area contributed by atoms with E-state index in [0.29, 0.717) is 0 Å². The number of benzene rings is 2. The Morgan fingerprint density at radius 3 is 2.03 bits per heavy atom. The van der Waals surface area contributed by atoms with Gasteiger partial charge in [-0.2, -0.15) is 0 Å². The van der Waals surface area contributed by atoms with Crippen LogP contribution in [0.1, 0.15) is 77.5 Å². The van der Waals surface area contributed by atoms with E-state index in [1.54, 1.807) is 0 Å². The molecule has 0 aromatic heterocycles. The Bertz CT molecular complexity index is 967. The van der Waals surface area contributed by atoms with Gasteiger partial charge < -0.3 is 0 Å². The molecule has 2 aromatic rings. The molecule has 0 saturated carbocycles. The van der Waals surface area contributed by atoms with E-state index >= 15 is 0 Å². The molecule has 3 rings (SSSR count). The first-order valence-electron chi connectivity index (χ1n) is 11.2. The first-order chi connectivity index (χ1) is 14.6. The van der Waals surface area contributed by atoms with Gasteiger partial charge in [0.25, 0.3) is 0 Å². The molecule has 0 fully saturated rings. The van der Waals surface area contributed by atoms with Crippen molar-refractivity contribution in [3.63, 3.8) is 0 Å². The van der Waals surface area contributed by atoms with Crippen LogP contribution < -0.4 is 5.32 Å². The summed E-state index contributed by atoms with van der Waals surface area (Å²) in [5, 5.41) is 3.53. The molecular formula is C28H35N2Pb. The number of hydrogen-bond acceptors (Lipinski definition) is 2. The van der Waals surface area contributed by atoms with E-state index in [1.807, 2.05) is 0 Å². The Hall–Kier alpha value is -1.69. The second-order valence-electron chi connectivity index (χ2n) is 10.5. The van der Waals surface area contributed by atoms with Crippen LogP contribution in [0.2, 0.25) is 0 Å². The molecule has 0 amide bonds. The van der Waals surface area contributed by atoms with Gasteiger partial charge in [-0.3, -0.25) is 0 Å². The van der Waals surface area contributed by atoms with Gasteiger partial charge >= 0.3 is 206 Å². The van der Waals surface area contributed by atoms with E-state index in [1.165, 1.54) is 39.8 Å². The van der Waals surface area contributed by atoms with Gasteiger partial charge in [0.1, 0.15) is 0 Å². The summed E-state index contributed by atoms with van der Waals surface area (Å²) >= 11 is 0.834. The predicted molar refractivity (Wildman–Crippen MR) is 137 cm³/mol. The molecule has 161 valence electrons. The molecule has 0 heterocycles. The molecule has 2 aromatic carbocycles. The maximum absolute atomic E-state index is 4.54. The summed E-state index contributed by atoms with van der Waals surface area (Å²) < 4.78 is 4.54. The number of nitrogens with one attached hydrogen (secondary N) is 1. The van der Waals surface area contributed by atoms with Crippen molar-refractivity contribution in [1.29, 1.82) is 0 Å². The molecule has 0 spiro atoms. The third-order valence-corrected chi connectivity index (χ3v) is 6.40. The normalized spacial score (nSPS) is 16.9. The van der Waals surface area contributed by atoms with E-state index in [2.05, 4.69) is 111 Å². The van der Waals surface area contributed by atoms with Crippen molar-refractivity contribution in [3.05, 3.63) is 82.6 Å². The monoisotopic (exact) mass is 607 g/mol. The topological polar surface area (TPSA) is 24.4 Å². The minimum atomic E-state index is 0.101. The van der Waals surface area contributed by atoms with Gasteiger partial charge in [-0.05, 0) is 0 Å². The summed E-state index contributed by atoms with van der Waals surface area (Å²) in [5.41, 5.74) is 9.55. The Morgan fingerprint density at radius 2 is 1.48 bits per heavy atom. The number of rotatable bonds is 4. The van der Waals surface area contributed by atoms with Crippen LogP contribution in [0.5, 0.6) is 0 Å². The molecule has 0 atom stereocenters. The molecule has 2 nitrogen and oxygen atoms in total. The summed E-state index contributed by atoms with van der Waals surface area (Å²) in [5.74, 6) is 0. The van der Waals surface area contributed by atoms with Crippen molar-refractivity contribution in [2.75, 3.05) is 5.32 Å². The summed E-state index contributed by atoms with van der Waals surface area (Å²) in [6, 6.07) is 17.6. The third-order valence-electron chi connectivity index (χ3n) is 5.90. The minimum absolute atomic E-state index is 0.101. The molecule has 31 heavy (non-hydrogen) atoms. The molecule has 0 unspecified atom stereocenters. The van der Waals surface area contributed by atoms with Crippen LogP contribution in [0.25, 0.3) is 5.57 Å². The van der Waals surface area contributed by atoms with E-state index in [-0.39, 0.29) is 10.8 Å². The zero-order chi connectivity index (χ0) is 22.6. The van der Waals surface area contributed by atoms with Crippen molar-refractivity contribution in [2.45, 2.75) is 71.6 Å². The van der Waals surface area contributed by atoms with Crippen molar-refractivity contribution in [2.24, 2.45) is 2.80 Å². The van der Waals surface area contributed by atoms with E-state index in [0.717, 1.165) is 44.6 Å². The Kier molecular flexibility index (Phi) is 7.61. The molecule has 0 bridgehead atoms. The Morgan fingerprint density at radius 1 is 0.871 bits per heavy atom. The summed E-state index contributed by atoms with van der Waals surface area (Å²) in [6.45, 7) is 13.8. The number of para-hydroxylation sites is 1. The van der Waals surface area contributed by atoms with Gasteiger partial charge in [-0.15, -0.1) is 0 Å². The van der Waals surface area contributed by atoms with Gasteiger partial charge in [-0.1, -0.05) is 0 Å². The van der Waals surface area contributed by atoms with Crippen LogP contribution in [0.3, 0.4) is 0 Å². The van der Waals surface area contributed by atoms with E-state index in [4.69, 9.17) is 0 Å². The Labute approximate surface area is 205 Å². The van der Waals surface area contributed by atoms with Crippen LogP contribution in [-0.4, -0.2) is 32.3 Å². The van der Waals surface area contributed by atoms with Gasteiger partial charge in [0.2, 0.25) is 0 Å². The molecule has 1 aliphatic carbocycles. The number of allylic oxidation sites excluding steroid dienone is 3. The summed E-state index contributed by atoms with van der Waals surface area (Å²) in [6.07, 6.45) is 7.68. The second kappa shape index (κ2) is 9.85. The number of nitrogens with zero attached hydrogens (tertiary/aromatic N) is 1. The molecule has 0 aliphatic heterocycles. The molecule has 1 aliphatic rings. The molecule has 3 radical (unpaired) electrons. The third kappa shape index (κ3) is 6.18. The second-order valence-corrected chi connectivity index (χ2v) is 11.5. The van der Waals surface area contributed by atoms with Crippen molar-refractivity contribution < 1.29 is 0 Å². The predicted octanol–water partition coefficient (Wildman–Crippen LogP) is 7.37. The maximum atomic E-state index is 4.54. The van der Waals surface area contributed by atoms with Crippen molar-refractivity contribution >= 4 is 43.5 Å². The fourth-order valence-corrected chi connectivity index (χ4v) is 4.60. The molecular weight excluding hydrogens is 572 g/mol. The van der Waals surface area contributed by atoms with Crippen LogP contribution in [-0.2, 0) is 10.8 Å². The Balaban J connectivity index is 2.18. The van der Waals surface area contributed by atoms with Crippen LogP contribution in [0, 0.1) is 0 Å². The standard InChI is InChI=1S/C28H35N2.Pb/c1-27(2,3)23-15-22(16-24(17-23)28(4,5)6)26-20(18-29)11-10-12-21(26)19-30-25-13-8-7-9-14-25;/h7-9,13-19,30H,10-12H2,1-6H3;/q-1;+1/b21-19+;. The SMILES string of the molecule is CC(C)(C)c1cc(C2=C(/C=[N]/[Pb])CCC/C2=C\Nc2ccccc2)cc(C(C)(C)C)c1. The van der Waals surface area contributed by atoms with Gasteiger partial charge in [0.15, 0.2) is 0 Å². The van der Waals surface area contributed by atoms with Crippen LogP contribution in [0.15, 0.2) is 68.7 Å². The average Bonchev–Trinajstić information content (AvgIpc) is 2.72. The first kappa shape index (κ1) is 24.0. The van der Waals surface area contributed by atoms with E-state index < -0.39 is 0 Å². The molecule has 3 heteroatoms. The summed E-state index contributed by atoms with van der Waals surface area (Å²) in [7, 11) is 0. The average molecular weight is 607 g/mol. The zero-order valence-corrected chi connectivity index (χ0v) is 23.7. The van der Waals surface area contributed by atoms with Gasteiger partial charge in [0.05, 0.1) is 0 Å². The van der Waals surface area contributed by atoms with Crippen molar-refractivity contribution in [1.82, 2.24) is 0 Å². The van der Waals surface area contributed by atoms with Crippen LogP contribution >= 0.6 is 0 Å². The first-order valence-corrected chi connectivity index (χ1v) is 12.9. The van der Waals surface area contributed by atoms with Gasteiger partial charge in [-0.25, -0.2) is 0 Å². The molecule has 1 N–H and O–H groups in total. The zero-order valence-electron chi connectivity index (χ0n) is 19.8. The fourth-order valence-electron chi connectivity index (χ4n) is 3.99. The van der Waals surface area contributed by atoms with Crippen molar-refractivity contribution in [3.8, 4) is 0 Å². The van der Waals surface area contributed by atoms with Crippen LogP contribution in [0.4, 0.5) is 5.69 Å².